The van der Waals surface area contributed by atoms with Gasteiger partial charge in [-0.05, 0) is 18.2 Å². The second-order valence-corrected chi connectivity index (χ2v) is 5.61. The van der Waals surface area contributed by atoms with Crippen molar-refractivity contribution in [2.75, 3.05) is 0 Å². The maximum Gasteiger partial charge on any atom is 0.226 e. The van der Waals surface area contributed by atoms with Gasteiger partial charge in [-0.3, -0.25) is 10.1 Å². The molecule has 5 heteroatoms. The van der Waals surface area contributed by atoms with Crippen molar-refractivity contribution in [1.29, 1.82) is 0 Å². The first-order valence-corrected chi connectivity index (χ1v) is 7.07. The minimum Gasteiger partial charge on any atom is -0.264 e. The van der Waals surface area contributed by atoms with Crippen LogP contribution in [0.25, 0.3) is 0 Å². The summed E-state index contributed by atoms with van der Waals surface area (Å²) in [6, 6.07) is 14.7. The van der Waals surface area contributed by atoms with Crippen molar-refractivity contribution in [2.45, 2.75) is 23.1 Å². The number of hydrogen-bond acceptors (Lipinski definition) is 3. The van der Waals surface area contributed by atoms with E-state index in [9.17, 15) is 14.5 Å². The molecule has 104 valence electrons. The molecule has 0 N–H and O–H groups in total. The normalized spacial score (nSPS) is 13.7. The summed E-state index contributed by atoms with van der Waals surface area (Å²) >= 11 is 1.31. The molecule has 0 heterocycles. The largest absolute Gasteiger partial charge is 0.264 e. The van der Waals surface area contributed by atoms with Crippen molar-refractivity contribution >= 4 is 11.8 Å². The summed E-state index contributed by atoms with van der Waals surface area (Å²) in [6.45, 7) is 1.51. The Morgan fingerprint density at radius 1 is 1.10 bits per heavy atom. The second-order valence-electron chi connectivity index (χ2n) is 4.40. The van der Waals surface area contributed by atoms with Crippen LogP contribution in [0.5, 0.6) is 0 Å². The highest BCUT2D eigenvalue weighted by atomic mass is 32.2. The molecule has 0 amide bonds. The number of hydrogen-bond donors (Lipinski definition) is 0. The number of nitro groups is 1. The minimum atomic E-state index is -0.878. The maximum absolute atomic E-state index is 13.9. The Bertz CT molecular complexity index is 591. The zero-order valence-electron chi connectivity index (χ0n) is 10.9. The third-order valence-corrected chi connectivity index (χ3v) is 4.43. The summed E-state index contributed by atoms with van der Waals surface area (Å²) in [5.41, 5.74) is 0.366. The molecule has 0 aliphatic carbocycles. The third-order valence-electron chi connectivity index (χ3n) is 2.99. The zero-order valence-corrected chi connectivity index (χ0v) is 11.7. The van der Waals surface area contributed by atoms with Gasteiger partial charge < -0.3 is 0 Å². The predicted molar refractivity (Wildman–Crippen MR) is 77.9 cm³/mol. The van der Waals surface area contributed by atoms with Gasteiger partial charge in [-0.15, -0.1) is 11.8 Å². The zero-order chi connectivity index (χ0) is 14.5. The quantitative estimate of drug-likeness (QED) is 0.468. The Morgan fingerprint density at radius 3 is 2.30 bits per heavy atom. The molecule has 0 radical (unpaired) electrons. The average molecular weight is 291 g/mol. The molecule has 0 fully saturated rings. The van der Waals surface area contributed by atoms with E-state index in [1.165, 1.54) is 24.8 Å². The van der Waals surface area contributed by atoms with Gasteiger partial charge in [0.05, 0.1) is 0 Å². The lowest BCUT2D eigenvalue weighted by atomic mass is 10.1. The number of halogens is 1. The van der Waals surface area contributed by atoms with E-state index in [-0.39, 0.29) is 4.92 Å². The van der Waals surface area contributed by atoms with E-state index in [1.54, 1.807) is 18.2 Å². The number of nitrogens with zero attached hydrogens (tertiary/aromatic N) is 1. The summed E-state index contributed by atoms with van der Waals surface area (Å²) in [5.74, 6) is -0.408. The van der Waals surface area contributed by atoms with E-state index in [4.69, 9.17) is 0 Å². The van der Waals surface area contributed by atoms with Gasteiger partial charge in [-0.1, -0.05) is 36.4 Å². The molecule has 0 aliphatic rings. The first kappa shape index (κ1) is 14.5. The van der Waals surface area contributed by atoms with Crippen LogP contribution in [0.4, 0.5) is 4.39 Å². The van der Waals surface area contributed by atoms with Crippen LogP contribution in [0.3, 0.4) is 0 Å². The SMILES string of the molecule is C[C@H]([C@@H](Sc1ccccc1)c1ccccc1F)[N+](=O)[O-]. The molecule has 0 saturated carbocycles. The smallest absolute Gasteiger partial charge is 0.226 e. The average Bonchev–Trinajstić information content (AvgIpc) is 2.46. The maximum atomic E-state index is 13.9. The van der Waals surface area contributed by atoms with E-state index < -0.39 is 17.1 Å². The molecule has 2 aromatic rings. The van der Waals surface area contributed by atoms with Crippen LogP contribution in [0.2, 0.25) is 0 Å². The molecule has 0 aliphatic heterocycles. The van der Waals surface area contributed by atoms with Crippen molar-refractivity contribution in [2.24, 2.45) is 0 Å². The minimum absolute atomic E-state index is 0.366. The van der Waals surface area contributed by atoms with Crippen molar-refractivity contribution in [3.8, 4) is 0 Å². The van der Waals surface area contributed by atoms with Crippen molar-refractivity contribution in [3.05, 3.63) is 76.1 Å². The molecule has 20 heavy (non-hydrogen) atoms. The first-order chi connectivity index (χ1) is 9.59. The lowest BCUT2D eigenvalue weighted by Gasteiger charge is -2.18. The van der Waals surface area contributed by atoms with E-state index >= 15 is 0 Å². The Kier molecular flexibility index (Phi) is 4.74. The molecule has 0 unspecified atom stereocenters. The predicted octanol–water partition coefficient (Wildman–Crippen LogP) is 4.32. The Hall–Kier alpha value is -1.88. The number of rotatable bonds is 5. The lowest BCUT2D eigenvalue weighted by Crippen LogP contribution is -2.22. The van der Waals surface area contributed by atoms with Crippen molar-refractivity contribution in [3.63, 3.8) is 0 Å². The van der Waals surface area contributed by atoms with Crippen LogP contribution in [-0.2, 0) is 0 Å². The van der Waals surface area contributed by atoms with Crippen LogP contribution >= 0.6 is 11.8 Å². The lowest BCUT2D eigenvalue weighted by molar-refractivity contribution is -0.518. The van der Waals surface area contributed by atoms with Crippen LogP contribution in [0.15, 0.2) is 59.5 Å². The summed E-state index contributed by atoms with van der Waals surface area (Å²) < 4.78 is 13.9. The number of benzene rings is 2. The summed E-state index contributed by atoms with van der Waals surface area (Å²) in [6.07, 6.45) is 0. The topological polar surface area (TPSA) is 43.1 Å². The van der Waals surface area contributed by atoms with Crippen LogP contribution in [-0.4, -0.2) is 11.0 Å². The number of thioether (sulfide) groups is 1. The van der Waals surface area contributed by atoms with E-state index in [0.717, 1.165) is 4.90 Å². The van der Waals surface area contributed by atoms with E-state index in [2.05, 4.69) is 0 Å². The van der Waals surface area contributed by atoms with Gasteiger partial charge in [0.2, 0.25) is 6.04 Å². The van der Waals surface area contributed by atoms with Gasteiger partial charge in [0.25, 0.3) is 0 Å². The highest BCUT2D eigenvalue weighted by molar-refractivity contribution is 7.99. The molecule has 0 spiro atoms. The molecule has 0 bridgehead atoms. The van der Waals surface area contributed by atoms with Gasteiger partial charge in [-0.2, -0.15) is 0 Å². The van der Waals surface area contributed by atoms with Crippen LogP contribution < -0.4 is 0 Å². The summed E-state index contributed by atoms with van der Waals surface area (Å²) in [5, 5.41) is 10.5. The molecular weight excluding hydrogens is 277 g/mol. The van der Waals surface area contributed by atoms with Gasteiger partial charge in [0.1, 0.15) is 11.1 Å². The molecule has 2 atom stereocenters. The first-order valence-electron chi connectivity index (χ1n) is 6.19. The Labute approximate surface area is 121 Å². The third kappa shape index (κ3) is 3.36. The van der Waals surface area contributed by atoms with Gasteiger partial charge in [0.15, 0.2) is 0 Å². The van der Waals surface area contributed by atoms with E-state index in [0.29, 0.717) is 5.56 Å². The van der Waals surface area contributed by atoms with E-state index in [1.807, 2.05) is 30.3 Å². The molecule has 2 aromatic carbocycles. The van der Waals surface area contributed by atoms with Gasteiger partial charge in [-0.25, -0.2) is 4.39 Å². The fourth-order valence-electron chi connectivity index (χ4n) is 1.88. The monoisotopic (exact) mass is 291 g/mol. The summed E-state index contributed by atoms with van der Waals surface area (Å²) in [7, 11) is 0. The van der Waals surface area contributed by atoms with Crippen molar-refractivity contribution in [1.82, 2.24) is 0 Å². The fourth-order valence-corrected chi connectivity index (χ4v) is 3.11. The molecule has 0 saturated heterocycles. The second kappa shape index (κ2) is 6.52. The molecule has 2 rings (SSSR count). The Balaban J connectivity index is 2.35. The van der Waals surface area contributed by atoms with Gasteiger partial charge in [0, 0.05) is 22.3 Å². The molecular formula is C15H14FNO2S. The fraction of sp³-hybridized carbons (Fsp3) is 0.200. The van der Waals surface area contributed by atoms with Crippen LogP contribution in [0, 0.1) is 15.9 Å². The Morgan fingerprint density at radius 2 is 1.70 bits per heavy atom. The summed E-state index contributed by atoms with van der Waals surface area (Å²) in [4.78, 5) is 11.6. The standard InChI is InChI=1S/C15H14FNO2S/c1-11(17(18)19)15(13-9-5-6-10-14(13)16)20-12-7-3-2-4-8-12/h2-11,15H,1H3/t11-,15-/m1/s1. The molecule has 0 aromatic heterocycles. The van der Waals surface area contributed by atoms with Crippen molar-refractivity contribution < 1.29 is 9.31 Å². The highest BCUT2D eigenvalue weighted by Crippen LogP contribution is 2.39. The van der Waals surface area contributed by atoms with Gasteiger partial charge >= 0.3 is 0 Å². The molecule has 3 nitrogen and oxygen atoms in total. The highest BCUT2D eigenvalue weighted by Gasteiger charge is 2.31. The van der Waals surface area contributed by atoms with Crippen LogP contribution in [0.1, 0.15) is 17.7 Å².